The summed E-state index contributed by atoms with van der Waals surface area (Å²) in [6.07, 6.45) is 1.65. The molecule has 0 aliphatic rings. The van der Waals surface area contributed by atoms with Gasteiger partial charge in [0.1, 0.15) is 0 Å². The van der Waals surface area contributed by atoms with Gasteiger partial charge in [-0.3, -0.25) is 4.79 Å². The Kier molecular flexibility index (Phi) is 5.56. The summed E-state index contributed by atoms with van der Waals surface area (Å²) in [5, 5.41) is 4.09. The fourth-order valence-corrected chi connectivity index (χ4v) is 3.70. The predicted molar refractivity (Wildman–Crippen MR) is 102 cm³/mol. The number of amides is 1. The van der Waals surface area contributed by atoms with Crippen LogP contribution in [0.25, 0.3) is 0 Å². The minimum Gasteiger partial charge on any atom is -0.272 e. The van der Waals surface area contributed by atoms with Gasteiger partial charge in [-0.1, -0.05) is 60.7 Å². The van der Waals surface area contributed by atoms with Crippen molar-refractivity contribution in [2.75, 3.05) is 0 Å². The van der Waals surface area contributed by atoms with E-state index in [9.17, 15) is 4.79 Å². The quantitative estimate of drug-likeness (QED) is 0.486. The molecule has 3 aromatic rings. The number of halogens is 1. The molecule has 5 heteroatoms. The molecule has 1 aromatic heterocycles. The van der Waals surface area contributed by atoms with Crippen LogP contribution >= 0.6 is 27.3 Å². The van der Waals surface area contributed by atoms with Crippen LogP contribution in [0.4, 0.5) is 0 Å². The molecule has 0 radical (unpaired) electrons. The second-order valence-electron chi connectivity index (χ2n) is 5.13. The molecule has 3 rings (SSSR count). The molecule has 0 saturated carbocycles. The molecule has 2 aromatic carbocycles. The predicted octanol–water partition coefficient (Wildman–Crippen LogP) is 4.79. The molecule has 1 N–H and O–H groups in total. The zero-order valence-corrected chi connectivity index (χ0v) is 15.1. The molecule has 1 amide bonds. The van der Waals surface area contributed by atoms with Crippen molar-refractivity contribution < 1.29 is 4.79 Å². The molecule has 0 aliphatic heterocycles. The zero-order valence-electron chi connectivity index (χ0n) is 12.7. The average molecular weight is 399 g/mol. The molecule has 0 aliphatic carbocycles. The summed E-state index contributed by atoms with van der Waals surface area (Å²) in [6.45, 7) is 0. The summed E-state index contributed by atoms with van der Waals surface area (Å²) >= 11 is 4.96. The fraction of sp³-hybridized carbons (Fsp3) is 0.0526. The standard InChI is InChI=1S/C19H15BrN2OS/c20-17-12-11-16(24-17)13-21-22-19(23)18(14-7-3-1-4-8-14)15-9-5-2-6-10-15/h1-13,18H,(H,22,23). The molecular formula is C19H15BrN2OS. The van der Waals surface area contributed by atoms with Crippen molar-refractivity contribution in [1.29, 1.82) is 0 Å². The first-order valence-electron chi connectivity index (χ1n) is 7.42. The number of nitrogens with one attached hydrogen (secondary N) is 1. The molecule has 0 unspecified atom stereocenters. The number of hydrogen-bond donors (Lipinski definition) is 1. The highest BCUT2D eigenvalue weighted by atomic mass is 79.9. The van der Waals surface area contributed by atoms with Gasteiger partial charge in [-0.15, -0.1) is 11.3 Å². The van der Waals surface area contributed by atoms with E-state index < -0.39 is 0 Å². The van der Waals surface area contributed by atoms with Crippen molar-refractivity contribution in [2.24, 2.45) is 5.10 Å². The second kappa shape index (κ2) is 8.04. The molecule has 3 nitrogen and oxygen atoms in total. The highest BCUT2D eigenvalue weighted by Gasteiger charge is 2.22. The van der Waals surface area contributed by atoms with Crippen LogP contribution in [0, 0.1) is 0 Å². The van der Waals surface area contributed by atoms with Gasteiger partial charge in [0.2, 0.25) is 0 Å². The summed E-state index contributed by atoms with van der Waals surface area (Å²) in [5.41, 5.74) is 4.54. The molecule has 0 saturated heterocycles. The normalized spacial score (nSPS) is 11.1. The largest absolute Gasteiger partial charge is 0.272 e. The van der Waals surface area contributed by atoms with E-state index in [1.165, 1.54) is 0 Å². The van der Waals surface area contributed by atoms with Crippen molar-refractivity contribution in [3.05, 3.63) is 92.6 Å². The third-order valence-electron chi connectivity index (χ3n) is 3.49. The van der Waals surface area contributed by atoms with Crippen molar-refractivity contribution in [3.8, 4) is 0 Å². The Balaban J connectivity index is 1.80. The monoisotopic (exact) mass is 398 g/mol. The van der Waals surface area contributed by atoms with Crippen molar-refractivity contribution in [2.45, 2.75) is 5.92 Å². The highest BCUT2D eigenvalue weighted by molar-refractivity contribution is 9.11. The van der Waals surface area contributed by atoms with Crippen LogP contribution in [0.3, 0.4) is 0 Å². The van der Waals surface area contributed by atoms with E-state index in [4.69, 9.17) is 0 Å². The van der Waals surface area contributed by atoms with Gasteiger partial charge in [0.05, 0.1) is 15.9 Å². The summed E-state index contributed by atoms with van der Waals surface area (Å²) in [5.74, 6) is -0.543. The van der Waals surface area contributed by atoms with E-state index >= 15 is 0 Å². The number of carbonyl (C=O) groups is 1. The Labute approximate surface area is 153 Å². The molecule has 0 fully saturated rings. The van der Waals surface area contributed by atoms with Gasteiger partial charge in [0, 0.05) is 4.88 Å². The topological polar surface area (TPSA) is 41.5 Å². The van der Waals surface area contributed by atoms with Gasteiger partial charge in [0.15, 0.2) is 0 Å². The van der Waals surface area contributed by atoms with Gasteiger partial charge in [-0.25, -0.2) is 5.43 Å². The van der Waals surface area contributed by atoms with Gasteiger partial charge >= 0.3 is 0 Å². The lowest BCUT2D eigenvalue weighted by atomic mass is 9.91. The maximum absolute atomic E-state index is 12.7. The Morgan fingerprint density at radius 1 is 0.958 bits per heavy atom. The molecule has 0 atom stereocenters. The number of hydrogen-bond acceptors (Lipinski definition) is 3. The lowest BCUT2D eigenvalue weighted by Gasteiger charge is -2.16. The number of rotatable bonds is 5. The maximum atomic E-state index is 12.7. The first-order valence-corrected chi connectivity index (χ1v) is 9.03. The van der Waals surface area contributed by atoms with E-state index in [1.54, 1.807) is 17.6 Å². The number of nitrogens with zero attached hydrogens (tertiary/aromatic N) is 1. The van der Waals surface area contributed by atoms with Crippen molar-refractivity contribution in [3.63, 3.8) is 0 Å². The minimum absolute atomic E-state index is 0.153. The Bertz CT molecular complexity index is 791. The van der Waals surface area contributed by atoms with Crippen LogP contribution in [0.2, 0.25) is 0 Å². The first kappa shape index (κ1) is 16.6. The van der Waals surface area contributed by atoms with Crippen LogP contribution in [-0.2, 0) is 4.79 Å². The minimum atomic E-state index is -0.389. The van der Waals surface area contributed by atoms with Gasteiger partial charge in [-0.05, 0) is 39.2 Å². The Morgan fingerprint density at radius 3 is 2.04 bits per heavy atom. The average Bonchev–Trinajstić information content (AvgIpc) is 3.02. The summed E-state index contributed by atoms with van der Waals surface area (Å²) in [6, 6.07) is 23.3. The molecule has 24 heavy (non-hydrogen) atoms. The second-order valence-corrected chi connectivity index (χ2v) is 7.63. The number of carbonyl (C=O) groups excluding carboxylic acids is 1. The van der Waals surface area contributed by atoms with Gasteiger partial charge < -0.3 is 0 Å². The van der Waals surface area contributed by atoms with E-state index in [2.05, 4.69) is 26.5 Å². The van der Waals surface area contributed by atoms with Crippen LogP contribution in [-0.4, -0.2) is 12.1 Å². The lowest BCUT2D eigenvalue weighted by Crippen LogP contribution is -2.26. The SMILES string of the molecule is O=C(NN=Cc1ccc(Br)s1)C(c1ccccc1)c1ccccc1. The summed E-state index contributed by atoms with van der Waals surface area (Å²) < 4.78 is 1.03. The van der Waals surface area contributed by atoms with E-state index in [0.717, 1.165) is 19.8 Å². The lowest BCUT2D eigenvalue weighted by molar-refractivity contribution is -0.121. The number of benzene rings is 2. The van der Waals surface area contributed by atoms with Crippen LogP contribution in [0.1, 0.15) is 21.9 Å². The van der Waals surface area contributed by atoms with E-state index in [1.807, 2.05) is 72.8 Å². The number of thiophene rings is 1. The number of hydrazone groups is 1. The zero-order chi connectivity index (χ0) is 16.8. The van der Waals surface area contributed by atoms with Gasteiger partial charge in [-0.2, -0.15) is 5.10 Å². The summed E-state index contributed by atoms with van der Waals surface area (Å²) in [4.78, 5) is 13.7. The fourth-order valence-electron chi connectivity index (χ4n) is 2.41. The molecule has 120 valence electrons. The van der Waals surface area contributed by atoms with Crippen LogP contribution in [0.5, 0.6) is 0 Å². The molecule has 1 heterocycles. The van der Waals surface area contributed by atoms with Gasteiger partial charge in [0.25, 0.3) is 5.91 Å². The van der Waals surface area contributed by atoms with Crippen LogP contribution < -0.4 is 5.43 Å². The van der Waals surface area contributed by atoms with Crippen molar-refractivity contribution in [1.82, 2.24) is 5.43 Å². The third-order valence-corrected chi connectivity index (χ3v) is 5.05. The Hall–Kier alpha value is -2.24. The van der Waals surface area contributed by atoms with Crippen molar-refractivity contribution >= 4 is 39.4 Å². The van der Waals surface area contributed by atoms with Crippen LogP contribution in [0.15, 0.2) is 81.7 Å². The van der Waals surface area contributed by atoms with E-state index in [0.29, 0.717) is 0 Å². The highest BCUT2D eigenvalue weighted by Crippen LogP contribution is 2.25. The molecule has 0 bridgehead atoms. The molecule has 0 spiro atoms. The summed E-state index contributed by atoms with van der Waals surface area (Å²) in [7, 11) is 0. The third kappa shape index (κ3) is 4.19. The molecular weight excluding hydrogens is 384 g/mol. The first-order chi connectivity index (χ1) is 11.7. The smallest absolute Gasteiger partial charge is 0.252 e. The Morgan fingerprint density at radius 2 is 1.54 bits per heavy atom. The maximum Gasteiger partial charge on any atom is 0.252 e. The van der Waals surface area contributed by atoms with E-state index in [-0.39, 0.29) is 11.8 Å².